The fourth-order valence-corrected chi connectivity index (χ4v) is 5.89. The van der Waals surface area contributed by atoms with Crippen LogP contribution in [0.2, 0.25) is 10.0 Å². The summed E-state index contributed by atoms with van der Waals surface area (Å²) in [5, 5.41) is 9.36. The van der Waals surface area contributed by atoms with E-state index < -0.39 is 39.2 Å². The van der Waals surface area contributed by atoms with Crippen molar-refractivity contribution in [3.63, 3.8) is 0 Å². The van der Waals surface area contributed by atoms with E-state index in [9.17, 15) is 27.9 Å². The molecular weight excluding hydrogens is 641 g/mol. The minimum absolute atomic E-state index is 0.0306. The number of nitrogens with zero attached hydrogens (tertiary/aromatic N) is 7. The highest BCUT2D eigenvalue weighted by Crippen LogP contribution is 2.44. The fourth-order valence-electron chi connectivity index (χ4n) is 5.44. The smallest absolute Gasteiger partial charge is 0.431 e. The van der Waals surface area contributed by atoms with Crippen LogP contribution in [0.3, 0.4) is 0 Å². The summed E-state index contributed by atoms with van der Waals surface area (Å²) >= 11 is 11.7. The molecular formula is C29H33Cl2F4N7O3. The minimum Gasteiger partial charge on any atom is -0.504 e. The minimum atomic E-state index is -5.12. The molecule has 1 amide bonds. The van der Waals surface area contributed by atoms with Crippen LogP contribution in [-0.2, 0) is 4.79 Å². The number of piperazine rings is 1. The highest BCUT2D eigenvalue weighted by molar-refractivity contribution is 6.36. The van der Waals surface area contributed by atoms with Gasteiger partial charge in [-0.3, -0.25) is 14.5 Å². The van der Waals surface area contributed by atoms with Crippen molar-refractivity contribution in [2.45, 2.75) is 26.1 Å². The number of carbonyl (C=O) groups is 2. The Balaban J connectivity index is 1.85. The van der Waals surface area contributed by atoms with Crippen LogP contribution in [0.25, 0.3) is 6.08 Å². The number of phenolic OH excluding ortho intramolecular Hbond substituents is 1. The monoisotopic (exact) mass is 673 g/mol. The number of carbonyl (C=O) groups excluding carboxylic acids is 2. The zero-order valence-corrected chi connectivity index (χ0v) is 26.4. The van der Waals surface area contributed by atoms with E-state index in [2.05, 4.69) is 21.4 Å². The Morgan fingerprint density at radius 3 is 2.27 bits per heavy atom. The predicted molar refractivity (Wildman–Crippen MR) is 166 cm³/mol. The number of aromatic hydroxyl groups is 1. The maximum Gasteiger partial charge on any atom is 0.431 e. The van der Waals surface area contributed by atoms with E-state index in [1.165, 1.54) is 11.0 Å². The Bertz CT molecular complexity index is 1460. The number of allylic oxidation sites excluding steroid dienone is 1. The van der Waals surface area contributed by atoms with Crippen molar-refractivity contribution in [1.29, 1.82) is 0 Å². The average molecular weight is 675 g/mol. The number of aldehydes is 1. The highest BCUT2D eigenvalue weighted by Gasteiger charge is 2.40. The SMILES string of the molecule is C=CC(=O)N1CCN(c2nc(N3CC(N(CC)CC)C3)nc(C=O)c2/C=C(\N(C)c2c(O)c(Cl)cc(Cl)c2F)C(F)(F)F)CC1. The molecule has 2 saturated heterocycles. The van der Waals surface area contributed by atoms with Gasteiger partial charge < -0.3 is 24.7 Å². The lowest BCUT2D eigenvalue weighted by Gasteiger charge is -2.45. The number of alkyl halides is 3. The van der Waals surface area contributed by atoms with Crippen LogP contribution < -0.4 is 14.7 Å². The number of hydrogen-bond acceptors (Lipinski definition) is 9. The Hall–Kier alpha value is -3.62. The first kappa shape index (κ1) is 34.3. The molecule has 1 aromatic heterocycles. The van der Waals surface area contributed by atoms with Crippen molar-refractivity contribution in [3.8, 4) is 5.75 Å². The standard InChI is InChI=1S/C29H33Cl2F4N7O3/c1-5-23(44)40-8-10-41(11-9-40)27-18(21(16-43)36-28(37-27)42-14-17(15-42)39(6-2)7-3)12-22(29(33,34)35)38(4)25-24(32)19(30)13-20(31)26(25)45/h5,12-13,16-17,45H,1,6-11,14-15H2,2-4H3/b22-12-. The zero-order valence-electron chi connectivity index (χ0n) is 24.9. The second-order valence-electron chi connectivity index (χ2n) is 10.5. The normalized spacial score (nSPS) is 16.2. The van der Waals surface area contributed by atoms with E-state index in [-0.39, 0.29) is 61.2 Å². The molecule has 1 aromatic carbocycles. The molecule has 0 saturated carbocycles. The van der Waals surface area contributed by atoms with E-state index in [1.54, 1.807) is 4.90 Å². The number of aromatic nitrogens is 2. The largest absolute Gasteiger partial charge is 0.504 e. The number of amides is 1. The topological polar surface area (TPSA) is 96.4 Å². The summed E-state index contributed by atoms with van der Waals surface area (Å²) in [6, 6.07) is 1.09. The first-order valence-corrected chi connectivity index (χ1v) is 14.9. The van der Waals surface area contributed by atoms with Gasteiger partial charge in [-0.25, -0.2) is 9.37 Å². The lowest BCUT2D eigenvalue weighted by Crippen LogP contribution is -2.60. The predicted octanol–water partition coefficient (Wildman–Crippen LogP) is 4.85. The van der Waals surface area contributed by atoms with Gasteiger partial charge in [0.15, 0.2) is 17.9 Å². The molecule has 45 heavy (non-hydrogen) atoms. The van der Waals surface area contributed by atoms with E-state index in [4.69, 9.17) is 23.2 Å². The average Bonchev–Trinajstić information content (AvgIpc) is 2.99. The van der Waals surface area contributed by atoms with Gasteiger partial charge >= 0.3 is 6.18 Å². The van der Waals surface area contributed by atoms with Crippen LogP contribution >= 0.6 is 23.2 Å². The molecule has 2 aliphatic rings. The van der Waals surface area contributed by atoms with E-state index in [0.717, 1.165) is 26.2 Å². The van der Waals surface area contributed by atoms with Crippen molar-refractivity contribution in [2.75, 3.05) is 74.1 Å². The second-order valence-corrected chi connectivity index (χ2v) is 11.3. The van der Waals surface area contributed by atoms with Crippen LogP contribution in [0.5, 0.6) is 5.75 Å². The number of likely N-dealkylation sites (N-methyl/N-ethyl adjacent to an activating group) is 1. The molecule has 0 unspecified atom stereocenters. The Labute approximate surface area is 268 Å². The van der Waals surface area contributed by atoms with E-state index >= 15 is 4.39 Å². The highest BCUT2D eigenvalue weighted by atomic mass is 35.5. The third-order valence-corrected chi connectivity index (χ3v) is 8.55. The molecule has 10 nitrogen and oxygen atoms in total. The number of phenols is 1. The molecule has 1 N–H and O–H groups in total. The Morgan fingerprint density at radius 1 is 1.11 bits per heavy atom. The van der Waals surface area contributed by atoms with Crippen LogP contribution in [0.4, 0.5) is 35.0 Å². The summed E-state index contributed by atoms with van der Waals surface area (Å²) in [5.74, 6) is -2.38. The molecule has 2 aromatic rings. The summed E-state index contributed by atoms with van der Waals surface area (Å²) in [4.78, 5) is 41.2. The lowest BCUT2D eigenvalue weighted by atomic mass is 10.1. The molecule has 16 heteroatoms. The molecule has 0 radical (unpaired) electrons. The molecule has 244 valence electrons. The molecule has 4 rings (SSSR count). The van der Waals surface area contributed by atoms with Crippen molar-refractivity contribution < 1.29 is 32.3 Å². The number of hydrogen-bond donors (Lipinski definition) is 1. The van der Waals surface area contributed by atoms with Crippen molar-refractivity contribution in [1.82, 2.24) is 19.8 Å². The van der Waals surface area contributed by atoms with Gasteiger partial charge in [0.05, 0.1) is 10.0 Å². The summed E-state index contributed by atoms with van der Waals surface area (Å²) in [6.45, 7) is 11.2. The number of halogens is 6. The van der Waals surface area contributed by atoms with Crippen LogP contribution in [0.1, 0.15) is 29.9 Å². The Morgan fingerprint density at radius 2 is 1.73 bits per heavy atom. The third kappa shape index (κ3) is 6.97. The van der Waals surface area contributed by atoms with Crippen LogP contribution in [-0.4, -0.2) is 109 Å². The summed E-state index contributed by atoms with van der Waals surface area (Å²) in [7, 11) is 0.882. The second kappa shape index (κ2) is 13.8. The maximum atomic E-state index is 15.0. The first-order valence-electron chi connectivity index (χ1n) is 14.2. The molecule has 0 bridgehead atoms. The van der Waals surface area contributed by atoms with E-state index in [0.29, 0.717) is 30.4 Å². The van der Waals surface area contributed by atoms with Crippen molar-refractivity contribution in [3.05, 3.63) is 51.5 Å². The van der Waals surface area contributed by atoms with Crippen LogP contribution in [0.15, 0.2) is 24.4 Å². The quantitative estimate of drug-likeness (QED) is 0.164. The molecule has 0 atom stereocenters. The van der Waals surface area contributed by atoms with Gasteiger partial charge in [-0.05, 0) is 31.3 Å². The lowest BCUT2D eigenvalue weighted by molar-refractivity contribution is -0.126. The van der Waals surface area contributed by atoms with Gasteiger partial charge in [-0.2, -0.15) is 18.2 Å². The molecule has 2 fully saturated rings. The maximum absolute atomic E-state index is 15.0. The van der Waals surface area contributed by atoms with Crippen LogP contribution in [0, 0.1) is 5.82 Å². The van der Waals surface area contributed by atoms with Gasteiger partial charge in [0.25, 0.3) is 0 Å². The number of anilines is 3. The third-order valence-electron chi connectivity index (χ3n) is 7.98. The van der Waals surface area contributed by atoms with Gasteiger partial charge in [0, 0.05) is 57.9 Å². The summed E-state index contributed by atoms with van der Waals surface area (Å²) in [5.41, 5.74) is -2.97. The van der Waals surface area contributed by atoms with Gasteiger partial charge in [0.1, 0.15) is 22.9 Å². The molecule has 3 heterocycles. The van der Waals surface area contributed by atoms with Gasteiger partial charge in [-0.1, -0.05) is 43.6 Å². The first-order chi connectivity index (χ1) is 21.2. The van der Waals surface area contributed by atoms with Gasteiger partial charge in [0.2, 0.25) is 11.9 Å². The number of rotatable bonds is 10. The Kier molecular flexibility index (Phi) is 10.5. The molecule has 0 spiro atoms. The molecule has 2 aliphatic heterocycles. The summed E-state index contributed by atoms with van der Waals surface area (Å²) < 4.78 is 59.0. The number of benzene rings is 1. The van der Waals surface area contributed by atoms with E-state index in [1.807, 2.05) is 18.7 Å². The van der Waals surface area contributed by atoms with Crippen molar-refractivity contribution >= 4 is 58.9 Å². The van der Waals surface area contributed by atoms with Crippen molar-refractivity contribution in [2.24, 2.45) is 0 Å². The summed E-state index contributed by atoms with van der Waals surface area (Å²) in [6.07, 6.45) is -2.98. The fraction of sp³-hybridized carbons (Fsp3) is 0.448. The zero-order chi connectivity index (χ0) is 33.2. The van der Waals surface area contributed by atoms with Gasteiger partial charge in [-0.15, -0.1) is 0 Å². The molecule has 0 aliphatic carbocycles.